The minimum Gasteiger partial charge on any atom is -0.489 e. The van der Waals surface area contributed by atoms with Crippen LogP contribution in [-0.2, 0) is 6.61 Å². The largest absolute Gasteiger partial charge is 0.489 e. The second kappa shape index (κ2) is 11.4. The molecule has 23 heavy (non-hydrogen) atoms. The first kappa shape index (κ1) is 19.7. The van der Waals surface area contributed by atoms with Gasteiger partial charge in [-0.2, -0.15) is 5.10 Å². The molecule has 0 bridgehead atoms. The molecule has 0 aromatic heterocycles. The van der Waals surface area contributed by atoms with Gasteiger partial charge in [0, 0.05) is 13.1 Å². The van der Waals surface area contributed by atoms with Gasteiger partial charge in [-0.3, -0.25) is 0 Å². The van der Waals surface area contributed by atoms with E-state index in [0.717, 1.165) is 22.4 Å². The highest BCUT2D eigenvalue weighted by molar-refractivity contribution is 5.80. The van der Waals surface area contributed by atoms with Crippen molar-refractivity contribution in [3.8, 4) is 18.9 Å². The molecular formula is C18H20N4O. The summed E-state index contributed by atoms with van der Waals surface area (Å²) in [6, 6.07) is 14.2. The Bertz CT molecular complexity index is 652. The minimum atomic E-state index is 0.575. The molecule has 0 unspecified atom stereocenters. The van der Waals surface area contributed by atoms with Crippen molar-refractivity contribution in [2.75, 3.05) is 0 Å². The lowest BCUT2D eigenvalue weighted by atomic mass is 10.1. The van der Waals surface area contributed by atoms with E-state index in [0.29, 0.717) is 6.61 Å². The van der Waals surface area contributed by atoms with Gasteiger partial charge in [-0.15, -0.1) is 0 Å². The molecule has 0 aliphatic rings. The van der Waals surface area contributed by atoms with Crippen LogP contribution in [0.4, 0.5) is 0 Å². The lowest BCUT2D eigenvalue weighted by Crippen LogP contribution is -1.98. The lowest BCUT2D eigenvalue weighted by molar-refractivity contribution is 0.304. The standard InChI is InChI=1S/C16H18N2O.2CHN/c1-12-3-5-14(6-4-12)11-19-16-8-7-15(10-18-17)9-13(16)2;2*1-2/h3-10H,11,17H2,1-2H3;2*1H. The number of ether oxygens (including phenoxy) is 1. The van der Waals surface area contributed by atoms with Gasteiger partial charge in [-0.05, 0) is 48.7 Å². The third-order valence-corrected chi connectivity index (χ3v) is 2.94. The Morgan fingerprint density at radius 2 is 1.65 bits per heavy atom. The van der Waals surface area contributed by atoms with Crippen LogP contribution in [0.3, 0.4) is 0 Å². The summed E-state index contributed by atoms with van der Waals surface area (Å²) in [5.41, 5.74) is 4.47. The molecular weight excluding hydrogens is 288 g/mol. The Morgan fingerprint density at radius 1 is 1.04 bits per heavy atom. The van der Waals surface area contributed by atoms with Gasteiger partial charge in [0.1, 0.15) is 12.4 Å². The van der Waals surface area contributed by atoms with Crippen LogP contribution in [0.1, 0.15) is 22.3 Å². The molecule has 2 aromatic carbocycles. The van der Waals surface area contributed by atoms with Gasteiger partial charge in [-0.1, -0.05) is 29.8 Å². The van der Waals surface area contributed by atoms with Crippen molar-refractivity contribution >= 4 is 6.21 Å². The Kier molecular flexibility index (Phi) is 9.73. The molecule has 0 aliphatic heterocycles. The van der Waals surface area contributed by atoms with Crippen LogP contribution in [0.15, 0.2) is 47.6 Å². The first-order valence-corrected chi connectivity index (χ1v) is 6.73. The fraction of sp³-hybridized carbons (Fsp3) is 0.167. The Balaban J connectivity index is 0.00000112. The van der Waals surface area contributed by atoms with Crippen LogP contribution >= 0.6 is 0 Å². The van der Waals surface area contributed by atoms with Crippen LogP contribution in [0.2, 0.25) is 0 Å². The highest BCUT2D eigenvalue weighted by atomic mass is 16.5. The van der Waals surface area contributed by atoms with Crippen molar-refractivity contribution in [3.63, 3.8) is 0 Å². The van der Waals surface area contributed by atoms with Gasteiger partial charge >= 0.3 is 0 Å². The molecule has 0 fully saturated rings. The predicted octanol–water partition coefficient (Wildman–Crippen LogP) is 3.45. The highest BCUT2D eigenvalue weighted by Gasteiger charge is 2.01. The van der Waals surface area contributed by atoms with Crippen molar-refractivity contribution in [2.24, 2.45) is 10.9 Å². The van der Waals surface area contributed by atoms with Gasteiger partial charge < -0.3 is 10.6 Å². The van der Waals surface area contributed by atoms with E-state index in [2.05, 4.69) is 49.4 Å². The molecule has 0 spiro atoms. The van der Waals surface area contributed by atoms with Crippen LogP contribution in [0.5, 0.6) is 5.75 Å². The number of hydrogen-bond acceptors (Lipinski definition) is 5. The zero-order chi connectivity index (χ0) is 17.7. The van der Waals surface area contributed by atoms with E-state index in [-0.39, 0.29) is 0 Å². The second-order valence-corrected chi connectivity index (χ2v) is 4.58. The molecule has 0 saturated heterocycles. The Labute approximate surface area is 137 Å². The van der Waals surface area contributed by atoms with Crippen molar-refractivity contribution in [1.29, 1.82) is 10.5 Å². The Hall–Kier alpha value is -3.31. The summed E-state index contributed by atoms with van der Waals surface area (Å²) >= 11 is 0. The molecule has 0 radical (unpaired) electrons. The second-order valence-electron chi connectivity index (χ2n) is 4.58. The zero-order valence-corrected chi connectivity index (χ0v) is 13.3. The minimum absolute atomic E-state index is 0.575. The first-order chi connectivity index (χ1) is 11.2. The van der Waals surface area contributed by atoms with Gasteiger partial charge in [0.15, 0.2) is 0 Å². The molecule has 2 N–H and O–H groups in total. The highest BCUT2D eigenvalue weighted by Crippen LogP contribution is 2.20. The van der Waals surface area contributed by atoms with Crippen molar-refractivity contribution in [1.82, 2.24) is 0 Å². The summed E-state index contributed by atoms with van der Waals surface area (Å²) in [5, 5.41) is 16.5. The third-order valence-electron chi connectivity index (χ3n) is 2.94. The zero-order valence-electron chi connectivity index (χ0n) is 13.3. The summed E-state index contributed by atoms with van der Waals surface area (Å²) in [6.45, 7) is 11.7. The van der Waals surface area contributed by atoms with Crippen molar-refractivity contribution in [3.05, 3.63) is 64.7 Å². The number of benzene rings is 2. The maximum atomic E-state index is 6.50. The molecule has 0 aliphatic carbocycles. The van der Waals surface area contributed by atoms with E-state index < -0.39 is 0 Å². The Morgan fingerprint density at radius 3 is 2.17 bits per heavy atom. The predicted molar refractivity (Wildman–Crippen MR) is 91.8 cm³/mol. The van der Waals surface area contributed by atoms with Crippen LogP contribution < -0.4 is 10.6 Å². The molecule has 118 valence electrons. The topological polar surface area (TPSA) is 95.2 Å². The average Bonchev–Trinajstić information content (AvgIpc) is 2.59. The summed E-state index contributed by atoms with van der Waals surface area (Å²) in [6.07, 6.45) is 1.62. The lowest BCUT2D eigenvalue weighted by Gasteiger charge is -2.10. The van der Waals surface area contributed by atoms with E-state index in [1.54, 1.807) is 6.21 Å². The summed E-state index contributed by atoms with van der Waals surface area (Å²) in [4.78, 5) is 0. The monoisotopic (exact) mass is 308 g/mol. The van der Waals surface area contributed by atoms with Crippen molar-refractivity contribution < 1.29 is 4.74 Å². The molecule has 2 rings (SSSR count). The fourth-order valence-electron chi connectivity index (χ4n) is 1.85. The first-order valence-electron chi connectivity index (χ1n) is 6.73. The van der Waals surface area contributed by atoms with Gasteiger partial charge in [0.05, 0.1) is 6.21 Å². The number of nitrogens with two attached hydrogens (primary N) is 1. The molecule has 5 nitrogen and oxygen atoms in total. The summed E-state index contributed by atoms with van der Waals surface area (Å²) in [7, 11) is 0. The SMILES string of the molecule is C#N.C#N.Cc1ccc(COc2ccc(C=NN)cc2C)cc1. The average molecular weight is 308 g/mol. The van der Waals surface area contributed by atoms with Crippen LogP contribution in [-0.4, -0.2) is 6.21 Å². The van der Waals surface area contributed by atoms with Crippen molar-refractivity contribution in [2.45, 2.75) is 20.5 Å². The van der Waals surface area contributed by atoms with Gasteiger partial charge in [0.2, 0.25) is 0 Å². The van der Waals surface area contributed by atoms with E-state index in [1.165, 1.54) is 5.56 Å². The number of nitriles is 2. The summed E-state index contributed by atoms with van der Waals surface area (Å²) in [5.74, 6) is 6.02. The third kappa shape index (κ3) is 6.79. The smallest absolute Gasteiger partial charge is 0.122 e. The quantitative estimate of drug-likeness (QED) is 0.531. The number of aryl methyl sites for hydroxylation is 2. The van der Waals surface area contributed by atoms with E-state index in [4.69, 9.17) is 21.1 Å². The molecule has 0 heterocycles. The normalized spacial score (nSPS) is 9.13. The number of hydrogen-bond donors (Lipinski definition) is 1. The van der Waals surface area contributed by atoms with E-state index >= 15 is 0 Å². The van der Waals surface area contributed by atoms with Gasteiger partial charge in [-0.25, -0.2) is 10.5 Å². The van der Waals surface area contributed by atoms with Crippen LogP contribution in [0, 0.1) is 37.5 Å². The van der Waals surface area contributed by atoms with Crippen LogP contribution in [0.25, 0.3) is 0 Å². The maximum absolute atomic E-state index is 6.50. The number of hydrazone groups is 1. The molecule has 0 atom stereocenters. The van der Waals surface area contributed by atoms with E-state index in [9.17, 15) is 0 Å². The van der Waals surface area contributed by atoms with E-state index in [1.807, 2.05) is 25.1 Å². The maximum Gasteiger partial charge on any atom is 0.122 e. The molecule has 0 saturated carbocycles. The molecule has 5 heteroatoms. The number of nitrogens with zero attached hydrogens (tertiary/aromatic N) is 3. The van der Waals surface area contributed by atoms with Gasteiger partial charge in [0.25, 0.3) is 0 Å². The number of rotatable bonds is 4. The summed E-state index contributed by atoms with van der Waals surface area (Å²) < 4.78 is 5.82. The molecule has 2 aromatic rings. The molecule has 0 amide bonds. The fourth-order valence-corrected chi connectivity index (χ4v) is 1.85.